The number of carbonyl (C=O) groups is 1. The molecular weight excluding hydrogens is 424 g/mol. The average Bonchev–Trinajstić information content (AvgIpc) is 3.35. The van der Waals surface area contributed by atoms with Crippen LogP contribution in [0.4, 0.5) is 0 Å². The third-order valence-electron chi connectivity index (χ3n) is 5.55. The molecule has 1 aliphatic rings. The molecule has 0 bridgehead atoms. The fourth-order valence-corrected chi connectivity index (χ4v) is 4.75. The van der Waals surface area contributed by atoms with Crippen LogP contribution in [0.25, 0.3) is 21.2 Å². The predicted molar refractivity (Wildman–Crippen MR) is 142 cm³/mol. The lowest BCUT2D eigenvalue weighted by Gasteiger charge is -2.06. The maximum absolute atomic E-state index is 12.4. The summed E-state index contributed by atoms with van der Waals surface area (Å²) in [5, 5.41) is 4.10. The van der Waals surface area contributed by atoms with Gasteiger partial charge in [-0.3, -0.25) is 9.78 Å². The molecule has 172 valence electrons. The highest BCUT2D eigenvalue weighted by molar-refractivity contribution is 7.20. The van der Waals surface area contributed by atoms with Crippen LogP contribution in [0.3, 0.4) is 0 Å². The maximum atomic E-state index is 12.4. The Morgan fingerprint density at radius 3 is 2.12 bits per heavy atom. The first-order valence-corrected chi connectivity index (χ1v) is 12.9. The van der Waals surface area contributed by atoms with Crippen LogP contribution in [0.1, 0.15) is 67.6 Å². The Balaban J connectivity index is 0.000000329. The van der Waals surface area contributed by atoms with Crippen molar-refractivity contribution in [3.05, 3.63) is 89.6 Å². The normalized spacial score (nSPS) is 12.7. The lowest BCUT2D eigenvalue weighted by Crippen LogP contribution is -2.21. The quantitative estimate of drug-likeness (QED) is 0.334. The molecule has 1 amide bonds. The van der Waals surface area contributed by atoms with E-state index in [9.17, 15) is 4.79 Å². The molecule has 2 heterocycles. The van der Waals surface area contributed by atoms with Crippen molar-refractivity contribution in [2.24, 2.45) is 0 Å². The lowest BCUT2D eigenvalue weighted by atomic mass is 10.0. The van der Waals surface area contributed by atoms with E-state index in [4.69, 9.17) is 0 Å². The Kier molecular flexibility index (Phi) is 10.1. The van der Waals surface area contributed by atoms with Gasteiger partial charge in [0.05, 0.1) is 4.88 Å². The molecule has 0 saturated heterocycles. The number of aromatic nitrogens is 1. The summed E-state index contributed by atoms with van der Waals surface area (Å²) in [6, 6.07) is 22.1. The number of hydrogen-bond donors (Lipinski definition) is 1. The number of amides is 1. The van der Waals surface area contributed by atoms with E-state index in [2.05, 4.69) is 22.4 Å². The van der Waals surface area contributed by atoms with Crippen LogP contribution in [0, 0.1) is 0 Å². The van der Waals surface area contributed by atoms with E-state index < -0.39 is 0 Å². The molecule has 0 aliphatic heterocycles. The second-order valence-electron chi connectivity index (χ2n) is 7.89. The van der Waals surface area contributed by atoms with Crippen LogP contribution >= 0.6 is 11.3 Å². The number of pyridine rings is 1. The van der Waals surface area contributed by atoms with Crippen LogP contribution in [0.2, 0.25) is 0 Å². The van der Waals surface area contributed by atoms with Gasteiger partial charge < -0.3 is 5.32 Å². The van der Waals surface area contributed by atoms with Gasteiger partial charge in [-0.25, -0.2) is 0 Å². The zero-order chi connectivity index (χ0) is 23.3. The van der Waals surface area contributed by atoms with Crippen LogP contribution in [-0.4, -0.2) is 10.9 Å². The molecule has 1 aliphatic carbocycles. The smallest absolute Gasteiger partial charge is 0.261 e. The van der Waals surface area contributed by atoms with E-state index >= 15 is 0 Å². The van der Waals surface area contributed by atoms with Gasteiger partial charge >= 0.3 is 0 Å². The number of fused-ring (bicyclic) bond motifs is 1. The van der Waals surface area contributed by atoms with Gasteiger partial charge in [0.1, 0.15) is 0 Å². The Hall–Kier alpha value is -2.98. The molecule has 0 radical (unpaired) electrons. The van der Waals surface area contributed by atoms with E-state index in [1.807, 2.05) is 74.6 Å². The van der Waals surface area contributed by atoms with Crippen molar-refractivity contribution in [3.8, 4) is 11.1 Å². The van der Waals surface area contributed by atoms with Crippen molar-refractivity contribution in [3.63, 3.8) is 0 Å². The number of thiophene rings is 1. The number of rotatable bonds is 4. The number of nitrogens with zero attached hydrogens (tertiary/aromatic N) is 1. The summed E-state index contributed by atoms with van der Waals surface area (Å²) in [5.41, 5.74) is 3.28. The highest BCUT2D eigenvalue weighted by atomic mass is 32.1. The minimum atomic E-state index is -0.0301. The zero-order valence-corrected chi connectivity index (χ0v) is 20.5. The standard InChI is InChI=1S/C21H16N2OS.C6H12.C2H6/c24-21(20-12-17-4-1-2-6-19(17)25-20)23-13-15-7-9-16(10-8-15)18-5-3-11-22-14-18;1-2-4-6-5-3-1;1-2/h1-12,14H,13H2,(H,23,24);1-6H2;1-2H3. The third kappa shape index (κ3) is 7.54. The van der Waals surface area contributed by atoms with Crippen molar-refractivity contribution < 1.29 is 4.79 Å². The molecule has 1 fully saturated rings. The molecule has 0 atom stereocenters. The van der Waals surface area contributed by atoms with Crippen LogP contribution in [-0.2, 0) is 6.54 Å². The summed E-state index contributed by atoms with van der Waals surface area (Å²) in [4.78, 5) is 17.2. The molecule has 4 heteroatoms. The molecule has 33 heavy (non-hydrogen) atoms. The molecular formula is C29H34N2OS. The first kappa shape index (κ1) is 24.7. The van der Waals surface area contributed by atoms with Crippen LogP contribution < -0.4 is 5.32 Å². The molecule has 2 aromatic carbocycles. The topological polar surface area (TPSA) is 42.0 Å². The SMILES string of the molecule is C1CCCCC1.CC.O=C(NCc1ccc(-c2cccnc2)cc1)c1cc2ccccc2s1. The summed E-state index contributed by atoms with van der Waals surface area (Å²) in [6.07, 6.45) is 12.6. The van der Waals surface area contributed by atoms with Crippen molar-refractivity contribution in [1.82, 2.24) is 10.3 Å². The summed E-state index contributed by atoms with van der Waals surface area (Å²) in [5.74, 6) is -0.0301. The lowest BCUT2D eigenvalue weighted by molar-refractivity contribution is 0.0955. The van der Waals surface area contributed by atoms with Gasteiger partial charge in [-0.2, -0.15) is 0 Å². The van der Waals surface area contributed by atoms with E-state index in [1.54, 1.807) is 6.20 Å². The van der Waals surface area contributed by atoms with E-state index in [1.165, 1.54) is 49.9 Å². The molecule has 0 spiro atoms. The monoisotopic (exact) mass is 458 g/mol. The predicted octanol–water partition coefficient (Wildman–Crippen LogP) is 8.26. The molecule has 1 saturated carbocycles. The first-order chi connectivity index (χ1) is 16.3. The second kappa shape index (κ2) is 13.5. The Morgan fingerprint density at radius 2 is 1.52 bits per heavy atom. The summed E-state index contributed by atoms with van der Waals surface area (Å²) in [6.45, 7) is 4.51. The largest absolute Gasteiger partial charge is 0.347 e. The fraction of sp³-hybridized carbons (Fsp3) is 0.310. The number of hydrogen-bond acceptors (Lipinski definition) is 3. The molecule has 5 rings (SSSR count). The van der Waals surface area contributed by atoms with Gasteiger partial charge in [0.15, 0.2) is 0 Å². The highest BCUT2D eigenvalue weighted by Crippen LogP contribution is 2.25. The second-order valence-corrected chi connectivity index (χ2v) is 8.97. The minimum Gasteiger partial charge on any atom is -0.347 e. The number of carbonyl (C=O) groups excluding carboxylic acids is 1. The highest BCUT2D eigenvalue weighted by Gasteiger charge is 2.09. The zero-order valence-electron chi connectivity index (χ0n) is 19.7. The molecule has 4 aromatic rings. The minimum absolute atomic E-state index is 0.0301. The van der Waals surface area contributed by atoms with Gasteiger partial charge in [0.2, 0.25) is 0 Å². The fourth-order valence-electron chi connectivity index (χ4n) is 3.77. The van der Waals surface area contributed by atoms with Crippen LogP contribution in [0.15, 0.2) is 79.1 Å². The third-order valence-corrected chi connectivity index (χ3v) is 6.67. The van der Waals surface area contributed by atoms with Crippen molar-refractivity contribution >= 4 is 27.3 Å². The Labute approximate surface area is 201 Å². The summed E-state index contributed by atoms with van der Waals surface area (Å²) >= 11 is 1.52. The van der Waals surface area contributed by atoms with Gasteiger partial charge in [0.25, 0.3) is 5.91 Å². The van der Waals surface area contributed by atoms with Gasteiger partial charge in [-0.15, -0.1) is 11.3 Å². The van der Waals surface area contributed by atoms with Gasteiger partial charge in [-0.05, 0) is 40.3 Å². The molecule has 1 N–H and O–H groups in total. The first-order valence-electron chi connectivity index (χ1n) is 12.1. The molecule has 3 nitrogen and oxygen atoms in total. The van der Waals surface area contributed by atoms with Crippen molar-refractivity contribution in [2.45, 2.75) is 58.9 Å². The van der Waals surface area contributed by atoms with Crippen LogP contribution in [0.5, 0.6) is 0 Å². The van der Waals surface area contributed by atoms with Gasteiger partial charge in [0, 0.05) is 23.6 Å². The maximum Gasteiger partial charge on any atom is 0.261 e. The summed E-state index contributed by atoms with van der Waals surface area (Å²) < 4.78 is 1.13. The van der Waals surface area contributed by atoms with E-state index in [-0.39, 0.29) is 5.91 Å². The van der Waals surface area contributed by atoms with Crippen molar-refractivity contribution in [2.75, 3.05) is 0 Å². The Morgan fingerprint density at radius 1 is 0.848 bits per heavy atom. The van der Waals surface area contributed by atoms with E-state index in [0.717, 1.165) is 31.7 Å². The Bertz CT molecular complexity index is 1050. The van der Waals surface area contributed by atoms with Crippen molar-refractivity contribution in [1.29, 1.82) is 0 Å². The number of benzene rings is 2. The summed E-state index contributed by atoms with van der Waals surface area (Å²) in [7, 11) is 0. The van der Waals surface area contributed by atoms with Gasteiger partial charge in [-0.1, -0.05) is 101 Å². The molecule has 2 aromatic heterocycles. The van der Waals surface area contributed by atoms with E-state index in [0.29, 0.717) is 6.54 Å². The number of nitrogens with one attached hydrogen (secondary N) is 1. The molecule has 0 unspecified atom stereocenters. The average molecular weight is 459 g/mol.